The van der Waals surface area contributed by atoms with Crippen LogP contribution >= 0.6 is 12.4 Å². The van der Waals surface area contributed by atoms with Crippen molar-refractivity contribution in [2.24, 2.45) is 11.3 Å². The van der Waals surface area contributed by atoms with Gasteiger partial charge in [0.25, 0.3) is 5.69 Å². The van der Waals surface area contributed by atoms with Crippen LogP contribution in [0.1, 0.15) is 31.2 Å². The second-order valence-electron chi connectivity index (χ2n) is 7.34. The highest BCUT2D eigenvalue weighted by Gasteiger charge is 2.54. The predicted octanol–water partition coefficient (Wildman–Crippen LogP) is 2.84. The average molecular weight is 398 g/mol. The van der Waals surface area contributed by atoms with Gasteiger partial charge in [0, 0.05) is 43.9 Å². The molecule has 1 aliphatic heterocycles. The van der Waals surface area contributed by atoms with Gasteiger partial charge < -0.3 is 15.3 Å². The van der Waals surface area contributed by atoms with Crippen LogP contribution in [0.3, 0.4) is 0 Å². The molecule has 1 saturated heterocycles. The summed E-state index contributed by atoms with van der Waals surface area (Å²) in [6.07, 6.45) is 2.89. The second-order valence-corrected chi connectivity index (χ2v) is 7.34. The Morgan fingerprint density at radius 3 is 2.78 bits per heavy atom. The van der Waals surface area contributed by atoms with Gasteiger partial charge in [0.05, 0.1) is 10.3 Å². The number of aliphatic carboxylic acids is 1. The zero-order valence-corrected chi connectivity index (χ0v) is 16.0. The molecule has 0 spiro atoms. The first-order chi connectivity index (χ1) is 12.3. The highest BCUT2D eigenvalue weighted by Crippen LogP contribution is 2.48. The first kappa shape index (κ1) is 21.1. The summed E-state index contributed by atoms with van der Waals surface area (Å²) < 4.78 is 0. The number of likely N-dealkylation sites (tertiary alicyclic amines) is 1. The van der Waals surface area contributed by atoms with E-state index in [1.54, 1.807) is 6.92 Å². The fraction of sp³-hybridized carbons (Fsp3) is 0.556. The molecule has 1 aliphatic carbocycles. The number of carboxylic acids is 1. The molecule has 148 valence electrons. The Hall–Kier alpha value is -2.19. The number of nitro groups is 1. The van der Waals surface area contributed by atoms with Crippen LogP contribution in [0.5, 0.6) is 0 Å². The molecule has 1 heterocycles. The van der Waals surface area contributed by atoms with Gasteiger partial charge in [0.15, 0.2) is 0 Å². The number of nitro benzene ring substituents is 1. The van der Waals surface area contributed by atoms with Crippen molar-refractivity contribution in [2.75, 3.05) is 25.0 Å². The SMILES string of the molecule is Cc1cc([N+](=O)[O-])ccc1NC(=O)CCN1C[C@@H]2CCC[C@@]2(C(=O)O)C1.Cl. The maximum atomic E-state index is 12.2. The number of non-ortho nitro benzene ring substituents is 1. The summed E-state index contributed by atoms with van der Waals surface area (Å²) in [5.74, 6) is -0.711. The second kappa shape index (κ2) is 8.22. The molecule has 2 fully saturated rings. The van der Waals surface area contributed by atoms with E-state index in [2.05, 4.69) is 10.2 Å². The topological polar surface area (TPSA) is 113 Å². The molecule has 2 N–H and O–H groups in total. The summed E-state index contributed by atoms with van der Waals surface area (Å²) >= 11 is 0. The molecule has 0 radical (unpaired) electrons. The molecule has 0 unspecified atom stereocenters. The Morgan fingerprint density at radius 2 is 2.19 bits per heavy atom. The minimum atomic E-state index is -0.714. The van der Waals surface area contributed by atoms with Gasteiger partial charge in [-0.25, -0.2) is 0 Å². The lowest BCUT2D eigenvalue weighted by Crippen LogP contribution is -2.36. The molecule has 0 bridgehead atoms. The van der Waals surface area contributed by atoms with Crippen LogP contribution in [0, 0.1) is 28.4 Å². The molecule has 2 atom stereocenters. The van der Waals surface area contributed by atoms with E-state index in [4.69, 9.17) is 0 Å². The van der Waals surface area contributed by atoms with Gasteiger partial charge in [-0.1, -0.05) is 6.42 Å². The number of fused-ring (bicyclic) bond motifs is 1. The summed E-state index contributed by atoms with van der Waals surface area (Å²) in [7, 11) is 0. The number of carbonyl (C=O) groups excluding carboxylic acids is 1. The monoisotopic (exact) mass is 397 g/mol. The number of carbonyl (C=O) groups is 2. The number of anilines is 1. The summed E-state index contributed by atoms with van der Waals surface area (Å²) in [6.45, 7) is 3.47. The van der Waals surface area contributed by atoms with E-state index >= 15 is 0 Å². The molecule has 1 aromatic carbocycles. The highest BCUT2D eigenvalue weighted by molar-refractivity contribution is 5.91. The van der Waals surface area contributed by atoms with Crippen LogP contribution in [0.2, 0.25) is 0 Å². The van der Waals surface area contributed by atoms with Gasteiger partial charge in [0.2, 0.25) is 5.91 Å². The Balaban J connectivity index is 0.00000261. The molecule has 1 saturated carbocycles. The normalized spacial score (nSPS) is 24.1. The van der Waals surface area contributed by atoms with Crippen molar-refractivity contribution in [3.63, 3.8) is 0 Å². The molecular formula is C18H24ClN3O5. The van der Waals surface area contributed by atoms with Crippen LogP contribution in [-0.2, 0) is 9.59 Å². The molecular weight excluding hydrogens is 374 g/mol. The van der Waals surface area contributed by atoms with Gasteiger partial charge in [-0.3, -0.25) is 19.7 Å². The third kappa shape index (κ3) is 4.22. The van der Waals surface area contributed by atoms with Crippen LogP contribution < -0.4 is 5.32 Å². The zero-order chi connectivity index (χ0) is 18.9. The molecule has 0 aromatic heterocycles. The van der Waals surface area contributed by atoms with E-state index in [-0.39, 0.29) is 36.3 Å². The largest absolute Gasteiger partial charge is 0.481 e. The number of halogens is 1. The first-order valence-corrected chi connectivity index (χ1v) is 8.82. The Labute approximate surface area is 163 Å². The fourth-order valence-electron chi connectivity index (χ4n) is 4.29. The van der Waals surface area contributed by atoms with Crippen molar-refractivity contribution in [1.82, 2.24) is 4.90 Å². The Kier molecular flexibility index (Phi) is 6.43. The van der Waals surface area contributed by atoms with Crippen LogP contribution in [0.15, 0.2) is 18.2 Å². The number of benzene rings is 1. The van der Waals surface area contributed by atoms with Crippen molar-refractivity contribution >= 4 is 35.7 Å². The minimum absolute atomic E-state index is 0. The van der Waals surface area contributed by atoms with E-state index in [1.807, 2.05) is 0 Å². The third-order valence-corrected chi connectivity index (χ3v) is 5.72. The van der Waals surface area contributed by atoms with E-state index < -0.39 is 16.3 Å². The number of nitrogens with zero attached hydrogens (tertiary/aromatic N) is 2. The third-order valence-electron chi connectivity index (χ3n) is 5.72. The number of aryl methyl sites for hydroxylation is 1. The molecule has 8 nitrogen and oxygen atoms in total. The maximum absolute atomic E-state index is 12.2. The summed E-state index contributed by atoms with van der Waals surface area (Å²) in [4.78, 5) is 36.3. The number of amides is 1. The van der Waals surface area contributed by atoms with E-state index in [9.17, 15) is 24.8 Å². The molecule has 2 aliphatic rings. The van der Waals surface area contributed by atoms with Gasteiger partial charge in [0.1, 0.15) is 0 Å². The lowest BCUT2D eigenvalue weighted by molar-refractivity contribution is -0.384. The molecule has 27 heavy (non-hydrogen) atoms. The summed E-state index contributed by atoms with van der Waals surface area (Å²) in [6, 6.07) is 4.32. The van der Waals surface area contributed by atoms with E-state index in [1.165, 1.54) is 18.2 Å². The van der Waals surface area contributed by atoms with Crippen LogP contribution in [-0.4, -0.2) is 46.4 Å². The lowest BCUT2D eigenvalue weighted by Gasteiger charge is -2.23. The standard InChI is InChI=1S/C18H23N3O5.ClH/c1-12-9-14(21(25)26)4-5-15(12)19-16(22)6-8-20-10-13-3-2-7-18(13,11-20)17(23)24;/h4-5,9,13H,2-3,6-8,10-11H2,1H3,(H,19,22)(H,23,24);1H/t13-,18+;/m0./s1. The van der Waals surface area contributed by atoms with Crippen molar-refractivity contribution in [3.05, 3.63) is 33.9 Å². The predicted molar refractivity (Wildman–Crippen MR) is 102 cm³/mol. The Bertz CT molecular complexity index is 757. The lowest BCUT2D eigenvalue weighted by atomic mass is 9.81. The van der Waals surface area contributed by atoms with Gasteiger partial charge in [-0.15, -0.1) is 12.4 Å². The van der Waals surface area contributed by atoms with Crippen molar-refractivity contribution in [2.45, 2.75) is 32.6 Å². The maximum Gasteiger partial charge on any atom is 0.311 e. The fourth-order valence-corrected chi connectivity index (χ4v) is 4.29. The van der Waals surface area contributed by atoms with Gasteiger partial charge in [-0.2, -0.15) is 0 Å². The summed E-state index contributed by atoms with van der Waals surface area (Å²) in [5, 5.41) is 23.1. The number of carboxylic acid groups (broad SMARTS) is 1. The molecule has 3 rings (SSSR count). The Morgan fingerprint density at radius 1 is 1.44 bits per heavy atom. The minimum Gasteiger partial charge on any atom is -0.481 e. The average Bonchev–Trinajstić information content (AvgIpc) is 3.12. The number of hydrogen-bond donors (Lipinski definition) is 2. The van der Waals surface area contributed by atoms with Crippen molar-refractivity contribution in [3.8, 4) is 0 Å². The van der Waals surface area contributed by atoms with Crippen molar-refractivity contribution in [1.29, 1.82) is 0 Å². The van der Waals surface area contributed by atoms with Crippen LogP contribution in [0.4, 0.5) is 11.4 Å². The van der Waals surface area contributed by atoms with Crippen LogP contribution in [0.25, 0.3) is 0 Å². The zero-order valence-electron chi connectivity index (χ0n) is 15.1. The number of nitrogens with one attached hydrogen (secondary N) is 1. The highest BCUT2D eigenvalue weighted by atomic mass is 35.5. The van der Waals surface area contributed by atoms with Crippen molar-refractivity contribution < 1.29 is 19.6 Å². The number of rotatable bonds is 6. The molecule has 9 heteroatoms. The van der Waals surface area contributed by atoms with Gasteiger partial charge >= 0.3 is 5.97 Å². The summed E-state index contributed by atoms with van der Waals surface area (Å²) in [5.41, 5.74) is 0.544. The van der Waals surface area contributed by atoms with E-state index in [0.29, 0.717) is 24.3 Å². The molecule has 1 aromatic rings. The first-order valence-electron chi connectivity index (χ1n) is 8.82. The number of hydrogen-bond acceptors (Lipinski definition) is 5. The van der Waals surface area contributed by atoms with Gasteiger partial charge in [-0.05, 0) is 37.3 Å². The molecule has 1 amide bonds. The van der Waals surface area contributed by atoms with E-state index in [0.717, 1.165) is 25.8 Å². The quantitative estimate of drug-likeness (QED) is 0.563. The smallest absolute Gasteiger partial charge is 0.311 e.